The van der Waals surface area contributed by atoms with E-state index in [0.717, 1.165) is 18.9 Å². The number of anilines is 2. The summed E-state index contributed by atoms with van der Waals surface area (Å²) in [6, 6.07) is 10.5. The van der Waals surface area contributed by atoms with Gasteiger partial charge in [-0.1, -0.05) is 26.0 Å². The minimum Gasteiger partial charge on any atom is -0.371 e. The molecule has 1 aliphatic rings. The number of pyridine rings is 1. The highest BCUT2D eigenvalue weighted by Crippen LogP contribution is 2.39. The van der Waals surface area contributed by atoms with Gasteiger partial charge in [0.15, 0.2) is 0 Å². The van der Waals surface area contributed by atoms with Gasteiger partial charge >= 0.3 is 6.18 Å². The maximum atomic E-state index is 13.9. The Balaban J connectivity index is 1.67. The maximum absolute atomic E-state index is 13.9. The molecular weight excluding hydrogens is 419 g/mol. The van der Waals surface area contributed by atoms with Gasteiger partial charge in [0.2, 0.25) is 5.43 Å². The van der Waals surface area contributed by atoms with Gasteiger partial charge in [0.1, 0.15) is 5.56 Å². The van der Waals surface area contributed by atoms with Gasteiger partial charge in [0.25, 0.3) is 5.91 Å². The van der Waals surface area contributed by atoms with E-state index in [0.29, 0.717) is 29.7 Å². The number of hydrogen-bond acceptors (Lipinski definition) is 3. The molecule has 8 heteroatoms. The molecule has 0 saturated carbocycles. The Hall–Kier alpha value is -3.29. The standard InChI is InChI=1S/C24H24F3N3O2/c1-23(2)10-5-11-30(14-23)15-8-9-20(18(12-15)24(25,26)27)29-22(32)17-13-28-19-7-4-3-6-16(19)21(17)31/h3-4,6-9,12-13H,5,10-11,14H2,1-2H3,(H,28,31)(H,29,32). The zero-order valence-electron chi connectivity index (χ0n) is 17.8. The first-order chi connectivity index (χ1) is 15.0. The van der Waals surface area contributed by atoms with E-state index in [1.54, 1.807) is 30.3 Å². The smallest absolute Gasteiger partial charge is 0.371 e. The molecule has 5 nitrogen and oxygen atoms in total. The second kappa shape index (κ2) is 8.00. The number of nitrogens with zero attached hydrogens (tertiary/aromatic N) is 1. The molecule has 0 bridgehead atoms. The molecule has 0 unspecified atom stereocenters. The molecule has 0 atom stereocenters. The van der Waals surface area contributed by atoms with Crippen LogP contribution in [0.4, 0.5) is 24.5 Å². The number of nitrogens with one attached hydrogen (secondary N) is 2. The molecule has 2 heterocycles. The van der Waals surface area contributed by atoms with Crippen LogP contribution in [0.1, 0.15) is 42.6 Å². The molecule has 3 aromatic rings. The molecule has 2 aromatic carbocycles. The number of amides is 1. The minimum absolute atomic E-state index is 0.0145. The fourth-order valence-electron chi connectivity index (χ4n) is 4.24. The van der Waals surface area contributed by atoms with Crippen molar-refractivity contribution in [1.29, 1.82) is 0 Å². The average Bonchev–Trinajstić information content (AvgIpc) is 2.73. The van der Waals surface area contributed by atoms with Crippen LogP contribution in [0, 0.1) is 5.41 Å². The zero-order valence-corrected chi connectivity index (χ0v) is 17.8. The predicted octanol–water partition coefficient (Wildman–Crippen LogP) is 5.43. The average molecular weight is 443 g/mol. The molecule has 1 aromatic heterocycles. The summed E-state index contributed by atoms with van der Waals surface area (Å²) in [6.07, 6.45) is -1.53. The normalized spacial score (nSPS) is 16.2. The van der Waals surface area contributed by atoms with Crippen molar-refractivity contribution >= 4 is 28.2 Å². The largest absolute Gasteiger partial charge is 0.418 e. The Kier molecular flexibility index (Phi) is 5.48. The van der Waals surface area contributed by atoms with Gasteiger partial charge in [0.05, 0.1) is 11.3 Å². The van der Waals surface area contributed by atoms with E-state index in [1.165, 1.54) is 12.3 Å². The Morgan fingerprint density at radius 1 is 1.16 bits per heavy atom. The Morgan fingerprint density at radius 3 is 2.62 bits per heavy atom. The number of halogens is 3. The Bertz CT molecular complexity index is 1230. The second-order valence-corrected chi connectivity index (χ2v) is 8.95. The molecule has 1 aliphatic heterocycles. The quantitative estimate of drug-likeness (QED) is 0.568. The summed E-state index contributed by atoms with van der Waals surface area (Å²) in [4.78, 5) is 30.2. The van der Waals surface area contributed by atoms with Crippen molar-refractivity contribution in [2.24, 2.45) is 5.41 Å². The van der Waals surface area contributed by atoms with Gasteiger partial charge in [-0.05, 0) is 48.6 Å². The number of fused-ring (bicyclic) bond motifs is 1. The highest BCUT2D eigenvalue weighted by atomic mass is 19.4. The number of para-hydroxylation sites is 1. The molecule has 0 spiro atoms. The number of aromatic amines is 1. The Morgan fingerprint density at radius 2 is 1.91 bits per heavy atom. The minimum atomic E-state index is -4.67. The van der Waals surface area contributed by atoms with Gasteiger partial charge in [-0.2, -0.15) is 13.2 Å². The van der Waals surface area contributed by atoms with Crippen molar-refractivity contribution in [3.05, 3.63) is 70.0 Å². The van der Waals surface area contributed by atoms with E-state index in [2.05, 4.69) is 24.1 Å². The van der Waals surface area contributed by atoms with Gasteiger partial charge in [0, 0.05) is 35.9 Å². The van der Waals surface area contributed by atoms with Crippen LogP contribution < -0.4 is 15.6 Å². The first kappa shape index (κ1) is 21.9. The van der Waals surface area contributed by atoms with E-state index < -0.39 is 23.1 Å². The number of piperidine rings is 1. The van der Waals surface area contributed by atoms with E-state index >= 15 is 0 Å². The van der Waals surface area contributed by atoms with Crippen molar-refractivity contribution in [2.45, 2.75) is 32.9 Å². The van der Waals surface area contributed by atoms with Gasteiger partial charge in [-0.3, -0.25) is 9.59 Å². The molecule has 32 heavy (non-hydrogen) atoms. The van der Waals surface area contributed by atoms with Gasteiger partial charge in [-0.15, -0.1) is 0 Å². The number of benzene rings is 2. The number of hydrogen-bond donors (Lipinski definition) is 2. The topological polar surface area (TPSA) is 65.2 Å². The summed E-state index contributed by atoms with van der Waals surface area (Å²) in [5.41, 5.74) is -1.10. The predicted molar refractivity (Wildman–Crippen MR) is 119 cm³/mol. The van der Waals surface area contributed by atoms with Crippen LogP contribution in [0.3, 0.4) is 0 Å². The molecule has 168 valence electrons. The molecule has 2 N–H and O–H groups in total. The molecule has 4 rings (SSSR count). The number of H-pyrrole nitrogens is 1. The van der Waals surface area contributed by atoms with Crippen LogP contribution >= 0.6 is 0 Å². The lowest BCUT2D eigenvalue weighted by molar-refractivity contribution is -0.136. The summed E-state index contributed by atoms with van der Waals surface area (Å²) in [5.74, 6) is -0.894. The van der Waals surface area contributed by atoms with Crippen molar-refractivity contribution in [3.63, 3.8) is 0 Å². The summed E-state index contributed by atoms with van der Waals surface area (Å²) < 4.78 is 41.6. The van der Waals surface area contributed by atoms with Crippen molar-refractivity contribution < 1.29 is 18.0 Å². The third kappa shape index (κ3) is 4.35. The summed E-state index contributed by atoms with van der Waals surface area (Å²) in [7, 11) is 0. The maximum Gasteiger partial charge on any atom is 0.418 e. The van der Waals surface area contributed by atoms with Crippen molar-refractivity contribution in [1.82, 2.24) is 4.98 Å². The Labute approximate surface area is 183 Å². The first-order valence-electron chi connectivity index (χ1n) is 10.4. The van der Waals surface area contributed by atoms with Crippen LogP contribution in [0.25, 0.3) is 10.9 Å². The van der Waals surface area contributed by atoms with Crippen molar-refractivity contribution in [3.8, 4) is 0 Å². The lowest BCUT2D eigenvalue weighted by Gasteiger charge is -2.39. The van der Waals surface area contributed by atoms with Crippen LogP contribution in [-0.4, -0.2) is 24.0 Å². The van der Waals surface area contributed by atoms with E-state index in [-0.39, 0.29) is 16.7 Å². The zero-order chi connectivity index (χ0) is 23.1. The highest BCUT2D eigenvalue weighted by molar-refractivity contribution is 6.06. The second-order valence-electron chi connectivity index (χ2n) is 8.95. The van der Waals surface area contributed by atoms with Crippen LogP contribution in [0.5, 0.6) is 0 Å². The van der Waals surface area contributed by atoms with Crippen LogP contribution in [-0.2, 0) is 6.18 Å². The summed E-state index contributed by atoms with van der Waals surface area (Å²) >= 11 is 0. The molecule has 0 radical (unpaired) electrons. The summed E-state index contributed by atoms with van der Waals surface area (Å²) in [5, 5.41) is 2.58. The molecule has 1 fully saturated rings. The van der Waals surface area contributed by atoms with Gasteiger partial charge < -0.3 is 15.2 Å². The molecule has 1 saturated heterocycles. The number of alkyl halides is 3. The molecular formula is C24H24F3N3O2. The first-order valence-corrected chi connectivity index (χ1v) is 10.4. The van der Waals surface area contributed by atoms with Crippen LogP contribution in [0.2, 0.25) is 0 Å². The monoisotopic (exact) mass is 443 g/mol. The number of carbonyl (C=O) groups excluding carboxylic acids is 1. The lowest BCUT2D eigenvalue weighted by atomic mass is 9.84. The fourth-order valence-corrected chi connectivity index (χ4v) is 4.24. The van der Waals surface area contributed by atoms with Crippen LogP contribution in [0.15, 0.2) is 53.5 Å². The van der Waals surface area contributed by atoms with E-state index in [9.17, 15) is 22.8 Å². The number of aromatic nitrogens is 1. The van der Waals surface area contributed by atoms with Crippen molar-refractivity contribution in [2.75, 3.05) is 23.3 Å². The fraction of sp³-hybridized carbons (Fsp3) is 0.333. The summed E-state index contributed by atoms with van der Waals surface area (Å²) in [6.45, 7) is 5.53. The highest BCUT2D eigenvalue weighted by Gasteiger charge is 2.36. The SMILES string of the molecule is CC1(C)CCCN(c2ccc(NC(=O)c3c[nH]c4ccccc4c3=O)c(C(F)(F)F)c2)C1. The molecule has 1 amide bonds. The third-order valence-corrected chi connectivity index (χ3v) is 5.86. The number of rotatable bonds is 3. The van der Waals surface area contributed by atoms with E-state index in [1.807, 2.05) is 4.90 Å². The molecule has 0 aliphatic carbocycles. The van der Waals surface area contributed by atoms with Gasteiger partial charge in [-0.25, -0.2) is 0 Å². The van der Waals surface area contributed by atoms with E-state index in [4.69, 9.17) is 0 Å². The third-order valence-electron chi connectivity index (χ3n) is 5.86. The number of carbonyl (C=O) groups is 1. The lowest BCUT2D eigenvalue weighted by Crippen LogP contribution is -2.40.